The Balaban J connectivity index is 1.53. The van der Waals surface area contributed by atoms with Gasteiger partial charge in [0.25, 0.3) is 0 Å². The molecule has 4 bridgehead atoms. The van der Waals surface area contributed by atoms with Gasteiger partial charge in [-0.15, -0.1) is 0 Å². The molecule has 4 atom stereocenters. The van der Waals surface area contributed by atoms with E-state index in [1.54, 1.807) is 51.4 Å². The van der Waals surface area contributed by atoms with Crippen molar-refractivity contribution >= 4 is 6.71 Å². The first-order valence-electron chi connectivity index (χ1n) is 11.8. The molecule has 5 fully saturated rings. The SMILES string of the molecule is CCN(CC)CC[C@@H]1[C@@H](B2C3CCCC2CCC3)C[C@@H]2C[C@H]1C2(C)C. The first kappa shape index (κ1) is 18.4. The minimum atomic E-state index is 0.647. The predicted molar refractivity (Wildman–Crippen MR) is 111 cm³/mol. The van der Waals surface area contributed by atoms with Gasteiger partial charge in [-0.2, -0.15) is 0 Å². The lowest BCUT2D eigenvalue weighted by Crippen LogP contribution is -2.58. The van der Waals surface area contributed by atoms with Crippen molar-refractivity contribution in [3.63, 3.8) is 0 Å². The first-order valence-corrected chi connectivity index (χ1v) is 11.8. The summed E-state index contributed by atoms with van der Waals surface area (Å²) in [5, 5.41) is 0. The molecule has 0 spiro atoms. The molecule has 0 aromatic heterocycles. The van der Waals surface area contributed by atoms with Crippen LogP contribution in [-0.2, 0) is 0 Å². The molecule has 0 unspecified atom stereocenters. The van der Waals surface area contributed by atoms with Gasteiger partial charge in [-0.3, -0.25) is 0 Å². The number of hydrogen-bond donors (Lipinski definition) is 0. The summed E-state index contributed by atoms with van der Waals surface area (Å²) in [6.07, 6.45) is 14.0. The molecule has 3 aliphatic carbocycles. The normalized spacial score (nSPS) is 42.4. The summed E-state index contributed by atoms with van der Waals surface area (Å²) in [4.78, 5) is 2.68. The molecular weight excluding hydrogens is 301 g/mol. The zero-order valence-corrected chi connectivity index (χ0v) is 17.5. The Hall–Kier alpha value is 0.0249. The van der Waals surface area contributed by atoms with Crippen LogP contribution in [0.5, 0.6) is 0 Å². The highest BCUT2D eigenvalue weighted by Crippen LogP contribution is 2.68. The van der Waals surface area contributed by atoms with E-state index < -0.39 is 0 Å². The Kier molecular flexibility index (Phi) is 5.31. The molecule has 0 N–H and O–H groups in total. The van der Waals surface area contributed by atoms with Crippen molar-refractivity contribution in [2.45, 2.75) is 103 Å². The van der Waals surface area contributed by atoms with E-state index in [0.29, 0.717) is 5.41 Å². The molecule has 2 saturated heterocycles. The van der Waals surface area contributed by atoms with E-state index in [0.717, 1.165) is 41.9 Å². The van der Waals surface area contributed by atoms with Gasteiger partial charge in [0, 0.05) is 0 Å². The fourth-order valence-electron chi connectivity index (χ4n) is 8.14. The molecule has 2 heterocycles. The number of rotatable bonds is 6. The van der Waals surface area contributed by atoms with E-state index in [2.05, 4.69) is 32.6 Å². The molecule has 3 saturated carbocycles. The second-order valence-corrected chi connectivity index (χ2v) is 10.7. The van der Waals surface area contributed by atoms with Crippen LogP contribution in [-0.4, -0.2) is 31.2 Å². The molecule has 5 rings (SSSR count). The minimum Gasteiger partial charge on any atom is -0.304 e. The Morgan fingerprint density at radius 3 is 2.04 bits per heavy atom. The molecule has 0 amide bonds. The van der Waals surface area contributed by atoms with Gasteiger partial charge in [0.2, 0.25) is 0 Å². The Morgan fingerprint density at radius 1 is 0.920 bits per heavy atom. The van der Waals surface area contributed by atoms with Crippen LogP contribution in [0.2, 0.25) is 17.5 Å². The lowest BCUT2D eigenvalue weighted by molar-refractivity contribution is -0.109. The zero-order valence-electron chi connectivity index (χ0n) is 17.5. The van der Waals surface area contributed by atoms with Crippen molar-refractivity contribution in [2.75, 3.05) is 19.6 Å². The lowest BCUT2D eigenvalue weighted by atomic mass is 9.18. The monoisotopic (exact) mass is 343 g/mol. The molecule has 0 aromatic carbocycles. The standard InChI is InChI=1S/C23H42BN/c1-5-25(6-2)14-13-20-21-15-17(23(21,3)4)16-22(20)24-18-9-7-10-19(24)12-8-11-18/h17-22H,5-16H2,1-4H3/t17-,18?,19?,20-,21+,22-/m0/s1. The van der Waals surface area contributed by atoms with E-state index in [-0.39, 0.29) is 0 Å². The van der Waals surface area contributed by atoms with Crippen LogP contribution in [0.25, 0.3) is 0 Å². The third-order valence-electron chi connectivity index (χ3n) is 9.73. The summed E-state index contributed by atoms with van der Waals surface area (Å²) < 4.78 is 0. The quantitative estimate of drug-likeness (QED) is 0.506. The van der Waals surface area contributed by atoms with Crippen molar-refractivity contribution < 1.29 is 0 Å². The van der Waals surface area contributed by atoms with Gasteiger partial charge in [0.05, 0.1) is 0 Å². The lowest BCUT2D eigenvalue weighted by Gasteiger charge is -2.65. The summed E-state index contributed by atoms with van der Waals surface area (Å²) >= 11 is 0. The van der Waals surface area contributed by atoms with Crippen molar-refractivity contribution in [3.05, 3.63) is 0 Å². The molecule has 25 heavy (non-hydrogen) atoms. The average molecular weight is 343 g/mol. The maximum Gasteiger partial charge on any atom is 0.149 e. The Morgan fingerprint density at radius 2 is 1.52 bits per heavy atom. The third-order valence-corrected chi connectivity index (χ3v) is 9.73. The van der Waals surface area contributed by atoms with Crippen LogP contribution < -0.4 is 0 Å². The first-order chi connectivity index (χ1) is 12.1. The van der Waals surface area contributed by atoms with Crippen LogP contribution in [0.15, 0.2) is 0 Å². The van der Waals surface area contributed by atoms with Crippen molar-refractivity contribution in [1.82, 2.24) is 4.90 Å². The van der Waals surface area contributed by atoms with E-state index >= 15 is 0 Å². The van der Waals surface area contributed by atoms with Gasteiger partial charge in [-0.1, -0.05) is 90.1 Å². The largest absolute Gasteiger partial charge is 0.304 e. The fourth-order valence-corrected chi connectivity index (χ4v) is 8.14. The van der Waals surface area contributed by atoms with Gasteiger partial charge in [-0.25, -0.2) is 0 Å². The van der Waals surface area contributed by atoms with Gasteiger partial charge in [-0.05, 0) is 55.6 Å². The maximum absolute atomic E-state index is 2.68. The summed E-state index contributed by atoms with van der Waals surface area (Å²) in [6, 6.07) is 0. The maximum atomic E-state index is 2.68. The number of fused-ring (bicyclic) bond motifs is 5. The highest BCUT2D eigenvalue weighted by molar-refractivity contribution is 6.64. The van der Waals surface area contributed by atoms with Gasteiger partial charge in [0.15, 0.2) is 0 Å². The number of nitrogens with zero attached hydrogens (tertiary/aromatic N) is 1. The predicted octanol–water partition coefficient (Wildman–Crippen LogP) is 6.37. The highest BCUT2D eigenvalue weighted by Gasteiger charge is 2.60. The third kappa shape index (κ3) is 3.13. The molecular formula is C23H42BN. The summed E-state index contributed by atoms with van der Waals surface area (Å²) in [7, 11) is 0. The van der Waals surface area contributed by atoms with Crippen LogP contribution in [0.4, 0.5) is 0 Å². The van der Waals surface area contributed by atoms with Crippen LogP contribution in [0, 0.1) is 23.2 Å². The number of hydrogen-bond acceptors (Lipinski definition) is 1. The summed E-state index contributed by atoms with van der Waals surface area (Å²) in [5.74, 6) is 6.42. The van der Waals surface area contributed by atoms with E-state index in [1.165, 1.54) is 26.1 Å². The van der Waals surface area contributed by atoms with E-state index in [1.807, 2.05) is 0 Å². The molecule has 5 aliphatic rings. The van der Waals surface area contributed by atoms with Gasteiger partial charge >= 0.3 is 0 Å². The molecule has 142 valence electrons. The highest BCUT2D eigenvalue weighted by atomic mass is 15.1. The molecule has 2 heteroatoms. The Labute approximate surface area is 157 Å². The van der Waals surface area contributed by atoms with Crippen LogP contribution in [0.3, 0.4) is 0 Å². The van der Waals surface area contributed by atoms with Crippen molar-refractivity contribution in [2.24, 2.45) is 23.2 Å². The zero-order chi connectivity index (χ0) is 17.6. The summed E-state index contributed by atoms with van der Waals surface area (Å²) in [5.41, 5.74) is 0.647. The van der Waals surface area contributed by atoms with E-state index in [4.69, 9.17) is 0 Å². The van der Waals surface area contributed by atoms with Gasteiger partial charge in [0.1, 0.15) is 6.71 Å². The molecule has 2 aliphatic heterocycles. The smallest absolute Gasteiger partial charge is 0.149 e. The fraction of sp³-hybridized carbons (Fsp3) is 1.00. The minimum absolute atomic E-state index is 0.647. The van der Waals surface area contributed by atoms with Crippen molar-refractivity contribution in [3.8, 4) is 0 Å². The topological polar surface area (TPSA) is 3.24 Å². The van der Waals surface area contributed by atoms with Gasteiger partial charge < -0.3 is 4.90 Å². The van der Waals surface area contributed by atoms with Crippen LogP contribution in [0.1, 0.15) is 85.5 Å². The summed E-state index contributed by atoms with van der Waals surface area (Å²) in [6.45, 7) is 14.8. The second-order valence-electron chi connectivity index (χ2n) is 10.7. The molecule has 0 radical (unpaired) electrons. The Bertz CT molecular complexity index is 435. The van der Waals surface area contributed by atoms with Crippen molar-refractivity contribution in [1.29, 1.82) is 0 Å². The van der Waals surface area contributed by atoms with Crippen LogP contribution >= 0.6 is 0 Å². The molecule has 1 nitrogen and oxygen atoms in total. The second kappa shape index (κ2) is 7.21. The van der Waals surface area contributed by atoms with E-state index in [9.17, 15) is 0 Å². The average Bonchev–Trinajstić information content (AvgIpc) is 2.61. The molecule has 0 aromatic rings.